The number of fused-ring (bicyclic) bond motifs is 1. The van der Waals surface area contributed by atoms with E-state index in [1.165, 1.54) is 0 Å². The van der Waals surface area contributed by atoms with Crippen LogP contribution in [0.25, 0.3) is 16.3 Å². The van der Waals surface area contributed by atoms with E-state index in [1.807, 2.05) is 67.6 Å². The van der Waals surface area contributed by atoms with Crippen LogP contribution in [0, 0.1) is 0 Å². The maximum Gasteiger partial charge on any atom is 0.253 e. The van der Waals surface area contributed by atoms with E-state index in [2.05, 4.69) is 24.0 Å². The van der Waals surface area contributed by atoms with Crippen molar-refractivity contribution < 1.29 is 9.90 Å². The summed E-state index contributed by atoms with van der Waals surface area (Å²) in [6, 6.07) is 23.3. The van der Waals surface area contributed by atoms with Crippen LogP contribution in [0.5, 0.6) is 0 Å². The molecular weight excluding hydrogens is 334 g/mol. The van der Waals surface area contributed by atoms with Gasteiger partial charge in [-0.25, -0.2) is 0 Å². The molecule has 0 fully saturated rings. The highest BCUT2D eigenvalue weighted by Gasteiger charge is 2.22. The monoisotopic (exact) mass is 357 g/mol. The van der Waals surface area contributed by atoms with Crippen LogP contribution in [0.1, 0.15) is 24.1 Å². The van der Waals surface area contributed by atoms with E-state index in [0.29, 0.717) is 5.57 Å². The average molecular weight is 357 g/mol. The fourth-order valence-corrected chi connectivity index (χ4v) is 3.10. The van der Waals surface area contributed by atoms with Gasteiger partial charge in [0.15, 0.2) is 6.10 Å². The molecule has 0 aliphatic heterocycles. The number of amides is 1. The second-order valence-corrected chi connectivity index (χ2v) is 6.46. The molecule has 3 rings (SSSR count). The van der Waals surface area contributed by atoms with Crippen LogP contribution in [0.15, 0.2) is 91.5 Å². The SMILES string of the molecule is C=C/C=C(\c1ccccc1)[C@H](O)C(=O)N[C@H](C)c1ccc2ccccc2c1. The van der Waals surface area contributed by atoms with E-state index < -0.39 is 12.0 Å². The lowest BCUT2D eigenvalue weighted by Crippen LogP contribution is -2.36. The molecule has 0 aliphatic carbocycles. The van der Waals surface area contributed by atoms with E-state index in [0.717, 1.165) is 21.9 Å². The molecule has 0 saturated heterocycles. The smallest absolute Gasteiger partial charge is 0.253 e. The summed E-state index contributed by atoms with van der Waals surface area (Å²) in [5.41, 5.74) is 2.30. The number of benzene rings is 3. The zero-order valence-electron chi connectivity index (χ0n) is 15.3. The molecule has 2 atom stereocenters. The standard InChI is InChI=1S/C24H23NO2/c1-3-9-22(19-11-5-4-6-12-19)23(26)24(27)25-17(2)20-15-14-18-10-7-8-13-21(18)16-20/h3-17,23,26H,1H2,2H3,(H,25,27)/b22-9+/t17-,23+/m1/s1. The number of allylic oxidation sites excluding steroid dienone is 2. The van der Waals surface area contributed by atoms with Crippen LogP contribution in [-0.4, -0.2) is 17.1 Å². The molecule has 3 nitrogen and oxygen atoms in total. The molecule has 0 aromatic heterocycles. The van der Waals surface area contributed by atoms with Crippen molar-refractivity contribution in [2.75, 3.05) is 0 Å². The largest absolute Gasteiger partial charge is 0.378 e. The molecule has 136 valence electrons. The first kappa shape index (κ1) is 18.6. The van der Waals surface area contributed by atoms with Crippen molar-refractivity contribution in [1.82, 2.24) is 5.32 Å². The van der Waals surface area contributed by atoms with Crippen molar-refractivity contribution in [3.8, 4) is 0 Å². The minimum Gasteiger partial charge on any atom is -0.378 e. The van der Waals surface area contributed by atoms with E-state index in [-0.39, 0.29) is 6.04 Å². The Labute approximate surface area is 159 Å². The summed E-state index contributed by atoms with van der Waals surface area (Å²) in [6.07, 6.45) is 1.97. The Hall–Kier alpha value is -3.17. The Morgan fingerprint density at radius 2 is 1.67 bits per heavy atom. The van der Waals surface area contributed by atoms with Gasteiger partial charge in [0.1, 0.15) is 0 Å². The van der Waals surface area contributed by atoms with Crippen LogP contribution in [0.3, 0.4) is 0 Å². The van der Waals surface area contributed by atoms with Gasteiger partial charge in [-0.3, -0.25) is 4.79 Å². The zero-order valence-corrected chi connectivity index (χ0v) is 15.3. The maximum absolute atomic E-state index is 12.6. The third kappa shape index (κ3) is 4.33. The highest BCUT2D eigenvalue weighted by molar-refractivity contribution is 5.95. The lowest BCUT2D eigenvalue weighted by molar-refractivity contribution is -0.127. The van der Waals surface area contributed by atoms with Gasteiger partial charge < -0.3 is 10.4 Å². The molecule has 27 heavy (non-hydrogen) atoms. The summed E-state index contributed by atoms with van der Waals surface area (Å²) in [6.45, 7) is 5.60. The van der Waals surface area contributed by atoms with Crippen molar-refractivity contribution in [2.45, 2.75) is 19.1 Å². The first-order valence-corrected chi connectivity index (χ1v) is 8.95. The second kappa shape index (κ2) is 8.47. The van der Waals surface area contributed by atoms with Crippen molar-refractivity contribution >= 4 is 22.3 Å². The predicted molar refractivity (Wildman–Crippen MR) is 111 cm³/mol. The molecule has 0 radical (unpaired) electrons. The molecule has 0 saturated carbocycles. The number of aliphatic hydroxyl groups is 1. The number of nitrogens with one attached hydrogen (secondary N) is 1. The normalized spacial score (nSPS) is 13.8. The third-order valence-corrected chi connectivity index (χ3v) is 4.58. The Morgan fingerprint density at radius 3 is 2.37 bits per heavy atom. The van der Waals surface area contributed by atoms with Crippen LogP contribution in [0.2, 0.25) is 0 Å². The Balaban J connectivity index is 1.78. The number of carbonyl (C=O) groups is 1. The number of rotatable bonds is 6. The van der Waals surface area contributed by atoms with Gasteiger partial charge in [0.2, 0.25) is 0 Å². The third-order valence-electron chi connectivity index (χ3n) is 4.58. The lowest BCUT2D eigenvalue weighted by atomic mass is 9.98. The van der Waals surface area contributed by atoms with Crippen LogP contribution < -0.4 is 5.32 Å². The highest BCUT2D eigenvalue weighted by atomic mass is 16.3. The fraction of sp³-hybridized carbons (Fsp3) is 0.125. The molecule has 3 heteroatoms. The van der Waals surface area contributed by atoms with Crippen molar-refractivity contribution in [2.24, 2.45) is 0 Å². The molecule has 3 aromatic carbocycles. The van der Waals surface area contributed by atoms with Crippen LogP contribution in [-0.2, 0) is 4.79 Å². The number of carbonyl (C=O) groups excluding carboxylic acids is 1. The van der Waals surface area contributed by atoms with Crippen molar-refractivity contribution in [1.29, 1.82) is 0 Å². The minimum atomic E-state index is -1.27. The number of hydrogen-bond acceptors (Lipinski definition) is 2. The quantitative estimate of drug-likeness (QED) is 0.631. The summed E-state index contributed by atoms with van der Waals surface area (Å²) in [5.74, 6) is -0.437. The molecule has 0 unspecified atom stereocenters. The molecule has 0 bridgehead atoms. The highest BCUT2D eigenvalue weighted by Crippen LogP contribution is 2.22. The molecule has 0 aliphatic rings. The van der Waals surface area contributed by atoms with Gasteiger partial charge in [-0.1, -0.05) is 85.5 Å². The maximum atomic E-state index is 12.6. The summed E-state index contributed by atoms with van der Waals surface area (Å²) in [7, 11) is 0. The summed E-state index contributed by atoms with van der Waals surface area (Å²) >= 11 is 0. The summed E-state index contributed by atoms with van der Waals surface area (Å²) in [5, 5.41) is 15.8. The van der Waals surface area contributed by atoms with Crippen molar-refractivity contribution in [3.63, 3.8) is 0 Å². The van der Waals surface area contributed by atoms with Gasteiger partial charge in [-0.15, -0.1) is 0 Å². The minimum absolute atomic E-state index is 0.225. The van der Waals surface area contributed by atoms with Gasteiger partial charge in [-0.2, -0.15) is 0 Å². The average Bonchev–Trinajstić information content (AvgIpc) is 2.71. The Kier molecular flexibility index (Phi) is 5.84. The fourth-order valence-electron chi connectivity index (χ4n) is 3.10. The Morgan fingerprint density at radius 1 is 1.00 bits per heavy atom. The molecule has 0 spiro atoms. The molecule has 0 heterocycles. The van der Waals surface area contributed by atoms with Gasteiger partial charge in [-0.05, 0) is 40.5 Å². The predicted octanol–water partition coefficient (Wildman–Crippen LogP) is 4.65. The first-order valence-electron chi connectivity index (χ1n) is 8.95. The van der Waals surface area contributed by atoms with Gasteiger partial charge >= 0.3 is 0 Å². The van der Waals surface area contributed by atoms with Crippen LogP contribution >= 0.6 is 0 Å². The van der Waals surface area contributed by atoms with Crippen molar-refractivity contribution in [3.05, 3.63) is 103 Å². The van der Waals surface area contributed by atoms with Gasteiger partial charge in [0, 0.05) is 0 Å². The molecule has 2 N–H and O–H groups in total. The lowest BCUT2D eigenvalue weighted by Gasteiger charge is -2.20. The number of aliphatic hydroxyl groups excluding tert-OH is 1. The van der Waals surface area contributed by atoms with Gasteiger partial charge in [0.25, 0.3) is 5.91 Å². The van der Waals surface area contributed by atoms with Crippen LogP contribution in [0.4, 0.5) is 0 Å². The zero-order chi connectivity index (χ0) is 19.2. The van der Waals surface area contributed by atoms with E-state index >= 15 is 0 Å². The second-order valence-electron chi connectivity index (χ2n) is 6.46. The summed E-state index contributed by atoms with van der Waals surface area (Å²) < 4.78 is 0. The topological polar surface area (TPSA) is 49.3 Å². The van der Waals surface area contributed by atoms with E-state index in [1.54, 1.807) is 12.2 Å². The van der Waals surface area contributed by atoms with Gasteiger partial charge in [0.05, 0.1) is 6.04 Å². The summed E-state index contributed by atoms with van der Waals surface area (Å²) in [4.78, 5) is 12.6. The Bertz CT molecular complexity index is 976. The first-order chi connectivity index (χ1) is 13.1. The number of hydrogen-bond donors (Lipinski definition) is 2. The van der Waals surface area contributed by atoms with E-state index in [9.17, 15) is 9.90 Å². The molecular formula is C24H23NO2. The van der Waals surface area contributed by atoms with E-state index in [4.69, 9.17) is 0 Å². The molecule has 1 amide bonds. The molecule has 3 aromatic rings.